The maximum absolute atomic E-state index is 13.1. The maximum Gasteiger partial charge on any atom is 0.330 e. The summed E-state index contributed by atoms with van der Waals surface area (Å²) in [6.07, 6.45) is 0.588. The summed E-state index contributed by atoms with van der Waals surface area (Å²) in [5.74, 6) is -0.387. The average molecular weight is 493 g/mol. The van der Waals surface area contributed by atoms with Crippen molar-refractivity contribution in [2.75, 3.05) is 22.9 Å². The number of aromatic nitrogens is 2. The number of thioether (sulfide) groups is 1. The number of halogens is 2. The highest BCUT2D eigenvalue weighted by Crippen LogP contribution is 2.30. The van der Waals surface area contributed by atoms with Crippen molar-refractivity contribution >= 4 is 52.4 Å². The Morgan fingerprint density at radius 2 is 1.88 bits per heavy atom. The Hall–Kier alpha value is -2.68. The van der Waals surface area contributed by atoms with Crippen LogP contribution in [0.2, 0.25) is 10.0 Å². The molecule has 0 radical (unpaired) electrons. The van der Waals surface area contributed by atoms with E-state index < -0.39 is 11.2 Å². The molecule has 0 aliphatic carbocycles. The van der Waals surface area contributed by atoms with Gasteiger partial charge in [0, 0.05) is 16.5 Å². The number of hydrogen-bond donors (Lipinski definition) is 2. The van der Waals surface area contributed by atoms with Gasteiger partial charge in [-0.05, 0) is 30.2 Å². The summed E-state index contributed by atoms with van der Waals surface area (Å²) in [6, 6.07) is 14.2. The number of nitrogens with two attached hydrogens (primary N) is 1. The standard InChI is InChI=1S/C22H22Cl2N4O3S/c1-2-10-27(18(29)13-32-17-11-15(23)8-9-16(17)24)19-20(25)28(22(31)26-21(19)30)12-14-6-4-3-5-7-14/h3-9,11H,2,10,12-13,25H2,1H3,(H,26,30,31). The molecule has 1 aromatic heterocycles. The predicted octanol–water partition coefficient (Wildman–Crippen LogP) is 4.01. The molecule has 10 heteroatoms. The molecule has 0 fully saturated rings. The number of carbonyl (C=O) groups excluding carboxylic acids is 1. The number of rotatable bonds is 8. The van der Waals surface area contributed by atoms with Gasteiger partial charge in [-0.1, -0.05) is 60.5 Å². The Morgan fingerprint density at radius 1 is 1.16 bits per heavy atom. The SMILES string of the molecule is CCCN(C(=O)CSc1cc(Cl)ccc1Cl)c1c(N)n(Cc2ccccc2)c(=O)[nH]c1=O. The van der Waals surface area contributed by atoms with Crippen LogP contribution in [0, 0.1) is 0 Å². The highest BCUT2D eigenvalue weighted by Gasteiger charge is 2.24. The molecule has 168 valence electrons. The minimum atomic E-state index is -0.704. The molecule has 0 bridgehead atoms. The van der Waals surface area contributed by atoms with Crippen molar-refractivity contribution in [1.82, 2.24) is 9.55 Å². The molecule has 32 heavy (non-hydrogen) atoms. The zero-order valence-corrected chi connectivity index (χ0v) is 19.6. The Balaban J connectivity index is 1.93. The molecule has 0 aliphatic heterocycles. The van der Waals surface area contributed by atoms with E-state index in [2.05, 4.69) is 4.98 Å². The van der Waals surface area contributed by atoms with Gasteiger partial charge in [-0.25, -0.2) is 4.79 Å². The van der Waals surface area contributed by atoms with Crippen LogP contribution in [0.4, 0.5) is 11.5 Å². The normalized spacial score (nSPS) is 10.8. The van der Waals surface area contributed by atoms with Gasteiger partial charge >= 0.3 is 5.69 Å². The smallest absolute Gasteiger partial charge is 0.330 e. The molecule has 0 spiro atoms. The molecule has 0 saturated carbocycles. The lowest BCUT2D eigenvalue weighted by Gasteiger charge is -2.24. The zero-order valence-electron chi connectivity index (χ0n) is 17.3. The quantitative estimate of drug-likeness (QED) is 0.462. The molecule has 0 saturated heterocycles. The van der Waals surface area contributed by atoms with E-state index in [9.17, 15) is 14.4 Å². The number of nitrogens with zero attached hydrogens (tertiary/aromatic N) is 2. The van der Waals surface area contributed by atoms with E-state index in [1.165, 1.54) is 21.2 Å². The van der Waals surface area contributed by atoms with E-state index in [1.807, 2.05) is 37.3 Å². The van der Waals surface area contributed by atoms with Gasteiger partial charge in [-0.15, -0.1) is 11.8 Å². The van der Waals surface area contributed by atoms with Crippen LogP contribution in [0.25, 0.3) is 0 Å². The number of aromatic amines is 1. The molecule has 0 atom stereocenters. The number of H-pyrrole nitrogens is 1. The van der Waals surface area contributed by atoms with Crippen molar-refractivity contribution in [2.45, 2.75) is 24.8 Å². The van der Waals surface area contributed by atoms with Gasteiger partial charge < -0.3 is 10.6 Å². The van der Waals surface area contributed by atoms with Gasteiger partial charge in [0.05, 0.1) is 17.3 Å². The Kier molecular flexibility index (Phi) is 8.06. The van der Waals surface area contributed by atoms with Crippen molar-refractivity contribution in [2.24, 2.45) is 0 Å². The van der Waals surface area contributed by atoms with Crippen molar-refractivity contribution in [3.8, 4) is 0 Å². The van der Waals surface area contributed by atoms with Crippen LogP contribution < -0.4 is 21.9 Å². The zero-order chi connectivity index (χ0) is 23.3. The van der Waals surface area contributed by atoms with Crippen LogP contribution in [0.3, 0.4) is 0 Å². The number of carbonyl (C=O) groups is 1. The van der Waals surface area contributed by atoms with Gasteiger partial charge in [0.15, 0.2) is 5.69 Å². The third kappa shape index (κ3) is 5.56. The Labute approximate surface area is 199 Å². The van der Waals surface area contributed by atoms with Crippen LogP contribution in [-0.2, 0) is 11.3 Å². The number of amides is 1. The molecule has 7 nitrogen and oxygen atoms in total. The van der Waals surface area contributed by atoms with E-state index in [0.29, 0.717) is 21.4 Å². The molecule has 1 heterocycles. The van der Waals surface area contributed by atoms with Gasteiger partial charge in [0.1, 0.15) is 5.82 Å². The summed E-state index contributed by atoms with van der Waals surface area (Å²) >= 11 is 13.4. The second kappa shape index (κ2) is 10.8. The van der Waals surface area contributed by atoms with E-state index in [0.717, 1.165) is 5.56 Å². The van der Waals surface area contributed by atoms with Crippen molar-refractivity contribution < 1.29 is 4.79 Å². The van der Waals surface area contributed by atoms with Crippen LogP contribution in [0.15, 0.2) is 63.0 Å². The number of nitrogens with one attached hydrogen (secondary N) is 1. The minimum Gasteiger partial charge on any atom is -0.383 e. The molecule has 2 aromatic carbocycles. The third-order valence-corrected chi connectivity index (χ3v) is 6.38. The van der Waals surface area contributed by atoms with Gasteiger partial charge in [-0.3, -0.25) is 19.1 Å². The number of anilines is 2. The monoisotopic (exact) mass is 492 g/mol. The first-order chi connectivity index (χ1) is 15.3. The molecular formula is C22H22Cl2N4O3S. The number of nitrogen functional groups attached to an aromatic ring is 1. The molecule has 3 N–H and O–H groups in total. The van der Waals surface area contributed by atoms with Crippen molar-refractivity contribution in [3.05, 3.63) is 85.0 Å². The molecule has 3 aromatic rings. The fourth-order valence-corrected chi connectivity index (χ4v) is 4.52. The lowest BCUT2D eigenvalue weighted by Crippen LogP contribution is -2.42. The summed E-state index contributed by atoms with van der Waals surface area (Å²) in [5, 5.41) is 0.978. The maximum atomic E-state index is 13.1. The topological polar surface area (TPSA) is 101 Å². The van der Waals surface area contributed by atoms with E-state index in [4.69, 9.17) is 28.9 Å². The first-order valence-electron chi connectivity index (χ1n) is 9.86. The van der Waals surface area contributed by atoms with Crippen molar-refractivity contribution in [1.29, 1.82) is 0 Å². The lowest BCUT2D eigenvalue weighted by atomic mass is 10.2. The van der Waals surface area contributed by atoms with Gasteiger partial charge in [0.25, 0.3) is 5.56 Å². The largest absolute Gasteiger partial charge is 0.383 e. The summed E-state index contributed by atoms with van der Waals surface area (Å²) in [7, 11) is 0. The summed E-state index contributed by atoms with van der Waals surface area (Å²) in [6.45, 7) is 2.31. The van der Waals surface area contributed by atoms with Crippen LogP contribution in [0.1, 0.15) is 18.9 Å². The average Bonchev–Trinajstić information content (AvgIpc) is 2.77. The number of hydrogen-bond acceptors (Lipinski definition) is 5. The molecule has 0 aliphatic rings. The van der Waals surface area contributed by atoms with Crippen LogP contribution >= 0.6 is 35.0 Å². The highest BCUT2D eigenvalue weighted by molar-refractivity contribution is 8.00. The predicted molar refractivity (Wildman–Crippen MR) is 131 cm³/mol. The minimum absolute atomic E-state index is 0.0107. The lowest BCUT2D eigenvalue weighted by molar-refractivity contribution is -0.116. The summed E-state index contributed by atoms with van der Waals surface area (Å²) < 4.78 is 1.25. The molecule has 3 rings (SSSR count). The highest BCUT2D eigenvalue weighted by atomic mass is 35.5. The van der Waals surface area contributed by atoms with E-state index in [-0.39, 0.29) is 36.3 Å². The molecule has 0 unspecified atom stereocenters. The third-order valence-electron chi connectivity index (χ3n) is 4.66. The molecule has 1 amide bonds. The van der Waals surface area contributed by atoms with Crippen molar-refractivity contribution in [3.63, 3.8) is 0 Å². The summed E-state index contributed by atoms with van der Waals surface area (Å²) in [5.41, 5.74) is 5.71. The summed E-state index contributed by atoms with van der Waals surface area (Å²) in [4.78, 5) is 42.5. The van der Waals surface area contributed by atoms with Gasteiger partial charge in [-0.2, -0.15) is 0 Å². The fourth-order valence-electron chi connectivity index (χ4n) is 3.15. The van der Waals surface area contributed by atoms with E-state index >= 15 is 0 Å². The molecular weight excluding hydrogens is 471 g/mol. The van der Waals surface area contributed by atoms with Gasteiger partial charge in [0.2, 0.25) is 5.91 Å². The second-order valence-corrected chi connectivity index (χ2v) is 8.83. The van der Waals surface area contributed by atoms with Crippen LogP contribution in [-0.4, -0.2) is 27.8 Å². The first-order valence-corrected chi connectivity index (χ1v) is 11.6. The first kappa shape index (κ1) is 24.0. The Morgan fingerprint density at radius 3 is 2.56 bits per heavy atom. The van der Waals surface area contributed by atoms with E-state index in [1.54, 1.807) is 18.2 Å². The number of benzene rings is 2. The second-order valence-electron chi connectivity index (χ2n) is 6.97. The Bertz CT molecular complexity index is 1230. The fraction of sp³-hybridized carbons (Fsp3) is 0.227. The van der Waals surface area contributed by atoms with Crippen LogP contribution in [0.5, 0.6) is 0 Å².